The van der Waals surface area contributed by atoms with Crippen molar-refractivity contribution in [1.82, 2.24) is 10.0 Å². The van der Waals surface area contributed by atoms with E-state index in [9.17, 15) is 13.2 Å². The van der Waals surface area contributed by atoms with Crippen LogP contribution < -0.4 is 10.0 Å². The van der Waals surface area contributed by atoms with Crippen molar-refractivity contribution in [3.8, 4) is 0 Å². The lowest BCUT2D eigenvalue weighted by Gasteiger charge is -2.10. The van der Waals surface area contributed by atoms with E-state index in [0.29, 0.717) is 12.1 Å². The third-order valence-electron chi connectivity index (χ3n) is 3.78. The second-order valence-corrected chi connectivity index (χ2v) is 7.54. The summed E-state index contributed by atoms with van der Waals surface area (Å²) in [5.41, 5.74) is 3.75. The smallest absolute Gasteiger partial charge is 0.251 e. The quantitative estimate of drug-likeness (QED) is 0.747. The Hall–Kier alpha value is -2.44. The van der Waals surface area contributed by atoms with Crippen molar-refractivity contribution in [1.29, 1.82) is 0 Å². The highest BCUT2D eigenvalue weighted by atomic mass is 32.2. The van der Waals surface area contributed by atoms with Crippen molar-refractivity contribution < 1.29 is 13.2 Å². The van der Waals surface area contributed by atoms with Crippen LogP contribution in [0, 0.1) is 13.8 Å². The van der Waals surface area contributed by atoms with E-state index in [-0.39, 0.29) is 17.3 Å². The molecule has 0 saturated heterocycles. The lowest BCUT2D eigenvalue weighted by atomic mass is 10.1. The zero-order chi connectivity index (χ0) is 18.4. The molecule has 132 valence electrons. The Kier molecular flexibility index (Phi) is 6.12. The number of amides is 1. The fourth-order valence-electron chi connectivity index (χ4n) is 2.36. The van der Waals surface area contributed by atoms with Crippen molar-refractivity contribution in [3.05, 3.63) is 77.4 Å². The molecular weight excluding hydrogens is 336 g/mol. The minimum Gasteiger partial charge on any atom is -0.348 e. The lowest BCUT2D eigenvalue weighted by molar-refractivity contribution is 0.0951. The van der Waals surface area contributed by atoms with E-state index >= 15 is 0 Å². The summed E-state index contributed by atoms with van der Waals surface area (Å²) in [6.07, 6.45) is 1.46. The fraction of sp³-hybridized carbons (Fsp3) is 0.211. The monoisotopic (exact) mass is 358 g/mol. The third-order valence-corrected chi connectivity index (χ3v) is 5.22. The molecule has 0 aliphatic rings. The van der Waals surface area contributed by atoms with Gasteiger partial charge in [0.05, 0.1) is 4.90 Å². The highest BCUT2D eigenvalue weighted by Crippen LogP contribution is 2.12. The van der Waals surface area contributed by atoms with Gasteiger partial charge in [0.2, 0.25) is 10.0 Å². The normalized spacial score (nSPS) is 11.1. The van der Waals surface area contributed by atoms with Gasteiger partial charge >= 0.3 is 0 Å². The molecule has 0 spiro atoms. The molecule has 0 saturated carbocycles. The van der Waals surface area contributed by atoms with E-state index in [1.807, 2.05) is 26.0 Å². The Morgan fingerprint density at radius 1 is 1.12 bits per heavy atom. The Bertz CT molecular complexity index is 872. The van der Waals surface area contributed by atoms with Crippen LogP contribution in [-0.2, 0) is 16.6 Å². The molecule has 0 radical (unpaired) electrons. The highest BCUT2D eigenvalue weighted by molar-refractivity contribution is 7.89. The Morgan fingerprint density at radius 2 is 1.80 bits per heavy atom. The van der Waals surface area contributed by atoms with E-state index in [2.05, 4.69) is 22.7 Å². The second kappa shape index (κ2) is 8.09. The van der Waals surface area contributed by atoms with Gasteiger partial charge in [0.1, 0.15) is 0 Å². The minimum atomic E-state index is -3.58. The number of hydrogen-bond acceptors (Lipinski definition) is 3. The standard InChI is InChI=1S/C19H22N2O3S/c1-4-11-21-25(23,24)18-9-7-16(8-10-18)19(22)20-13-17-6-5-14(2)12-15(17)3/h4-10,12,21H,1,11,13H2,2-3H3,(H,20,22). The molecule has 0 fully saturated rings. The lowest BCUT2D eigenvalue weighted by Crippen LogP contribution is -2.25. The van der Waals surface area contributed by atoms with Gasteiger partial charge in [-0.15, -0.1) is 6.58 Å². The maximum Gasteiger partial charge on any atom is 0.251 e. The summed E-state index contributed by atoms with van der Waals surface area (Å²) in [5, 5.41) is 2.85. The van der Waals surface area contributed by atoms with Crippen LogP contribution >= 0.6 is 0 Å². The first-order valence-electron chi connectivity index (χ1n) is 7.88. The zero-order valence-electron chi connectivity index (χ0n) is 14.4. The van der Waals surface area contributed by atoms with Gasteiger partial charge in [0.25, 0.3) is 5.91 Å². The van der Waals surface area contributed by atoms with E-state index in [0.717, 1.165) is 11.1 Å². The number of rotatable bonds is 7. The van der Waals surface area contributed by atoms with Crippen molar-refractivity contribution in [2.24, 2.45) is 0 Å². The van der Waals surface area contributed by atoms with Crippen LogP contribution in [0.25, 0.3) is 0 Å². The van der Waals surface area contributed by atoms with Gasteiger partial charge in [-0.3, -0.25) is 4.79 Å². The van der Waals surface area contributed by atoms with E-state index in [1.54, 1.807) is 0 Å². The van der Waals surface area contributed by atoms with Crippen LogP contribution in [0.5, 0.6) is 0 Å². The Morgan fingerprint density at radius 3 is 2.40 bits per heavy atom. The van der Waals surface area contributed by atoms with Gasteiger partial charge in [-0.05, 0) is 49.2 Å². The first-order valence-corrected chi connectivity index (χ1v) is 9.37. The molecule has 0 unspecified atom stereocenters. The first kappa shape index (κ1) is 18.9. The average molecular weight is 358 g/mol. The van der Waals surface area contributed by atoms with Crippen LogP contribution in [0.1, 0.15) is 27.0 Å². The Balaban J connectivity index is 2.04. The van der Waals surface area contributed by atoms with Gasteiger partial charge in [0, 0.05) is 18.7 Å². The Labute approximate surface area is 148 Å². The molecule has 0 aliphatic carbocycles. The molecule has 2 rings (SSSR count). The third kappa shape index (κ3) is 5.01. The summed E-state index contributed by atoms with van der Waals surface area (Å²) in [4.78, 5) is 12.4. The number of carbonyl (C=O) groups is 1. The predicted molar refractivity (Wildman–Crippen MR) is 98.9 cm³/mol. The second-order valence-electron chi connectivity index (χ2n) is 5.78. The number of hydrogen-bond donors (Lipinski definition) is 2. The van der Waals surface area contributed by atoms with E-state index in [1.165, 1.54) is 35.9 Å². The van der Waals surface area contributed by atoms with Crippen LogP contribution in [-0.4, -0.2) is 20.9 Å². The summed E-state index contributed by atoms with van der Waals surface area (Å²) < 4.78 is 26.4. The van der Waals surface area contributed by atoms with Crippen LogP contribution in [0.2, 0.25) is 0 Å². The summed E-state index contributed by atoms with van der Waals surface area (Å²) in [5.74, 6) is -0.247. The molecule has 0 atom stereocenters. The molecule has 25 heavy (non-hydrogen) atoms. The topological polar surface area (TPSA) is 75.3 Å². The summed E-state index contributed by atoms with van der Waals surface area (Å²) in [6, 6.07) is 11.9. The fourth-order valence-corrected chi connectivity index (χ4v) is 3.36. The zero-order valence-corrected chi connectivity index (χ0v) is 15.2. The molecule has 6 heteroatoms. The maximum absolute atomic E-state index is 12.2. The highest BCUT2D eigenvalue weighted by Gasteiger charge is 2.14. The van der Waals surface area contributed by atoms with Gasteiger partial charge < -0.3 is 5.32 Å². The molecule has 0 heterocycles. The molecule has 1 amide bonds. The van der Waals surface area contributed by atoms with Crippen LogP contribution in [0.15, 0.2) is 60.0 Å². The molecular formula is C19H22N2O3S. The molecule has 0 aliphatic heterocycles. The minimum absolute atomic E-state index is 0.111. The van der Waals surface area contributed by atoms with E-state index in [4.69, 9.17) is 0 Å². The molecule has 0 bridgehead atoms. The molecule has 2 aromatic rings. The van der Waals surface area contributed by atoms with Crippen molar-refractivity contribution in [2.45, 2.75) is 25.3 Å². The summed E-state index contributed by atoms with van der Waals surface area (Å²) in [6.45, 7) is 8.07. The molecule has 2 N–H and O–H groups in total. The van der Waals surface area contributed by atoms with E-state index < -0.39 is 10.0 Å². The van der Waals surface area contributed by atoms with Gasteiger partial charge in [-0.2, -0.15) is 0 Å². The number of aryl methyl sites for hydroxylation is 2. The summed E-state index contributed by atoms with van der Waals surface area (Å²) >= 11 is 0. The largest absolute Gasteiger partial charge is 0.348 e. The summed E-state index contributed by atoms with van der Waals surface area (Å²) in [7, 11) is -3.58. The van der Waals surface area contributed by atoms with Crippen LogP contribution in [0.3, 0.4) is 0 Å². The van der Waals surface area contributed by atoms with Crippen molar-refractivity contribution in [2.75, 3.05) is 6.54 Å². The number of nitrogens with one attached hydrogen (secondary N) is 2. The SMILES string of the molecule is C=CCNS(=O)(=O)c1ccc(C(=O)NCc2ccc(C)cc2C)cc1. The van der Waals surface area contributed by atoms with Crippen molar-refractivity contribution >= 4 is 15.9 Å². The first-order chi connectivity index (χ1) is 11.8. The van der Waals surface area contributed by atoms with Crippen molar-refractivity contribution in [3.63, 3.8) is 0 Å². The van der Waals surface area contributed by atoms with Gasteiger partial charge in [-0.25, -0.2) is 13.1 Å². The number of carbonyl (C=O) groups excluding carboxylic acids is 1. The number of benzene rings is 2. The van der Waals surface area contributed by atoms with Gasteiger partial charge in [-0.1, -0.05) is 29.8 Å². The van der Waals surface area contributed by atoms with Gasteiger partial charge in [0.15, 0.2) is 0 Å². The number of sulfonamides is 1. The molecule has 2 aromatic carbocycles. The molecule has 0 aromatic heterocycles. The van der Waals surface area contributed by atoms with Crippen LogP contribution in [0.4, 0.5) is 0 Å². The average Bonchev–Trinajstić information content (AvgIpc) is 2.59. The maximum atomic E-state index is 12.2. The molecule has 5 nitrogen and oxygen atoms in total. The predicted octanol–water partition coefficient (Wildman–Crippen LogP) is 2.70.